The average molecular weight is 446 g/mol. The van der Waals surface area contributed by atoms with Crippen LogP contribution in [0.5, 0.6) is 11.5 Å². The molecule has 0 aliphatic carbocycles. The molecule has 2 unspecified atom stereocenters. The van der Waals surface area contributed by atoms with E-state index in [9.17, 15) is 4.79 Å². The maximum atomic E-state index is 13.8. The molecule has 0 N–H and O–H groups in total. The maximum Gasteiger partial charge on any atom is 0.274 e. The summed E-state index contributed by atoms with van der Waals surface area (Å²) in [5.41, 5.74) is 3.95. The van der Waals surface area contributed by atoms with Crippen LogP contribution < -0.4 is 14.4 Å². The van der Waals surface area contributed by atoms with Gasteiger partial charge in [-0.1, -0.05) is 35.6 Å². The number of hydrogen-bond acceptors (Lipinski definition) is 6. The van der Waals surface area contributed by atoms with E-state index in [2.05, 4.69) is 24.0 Å². The molecule has 4 aromatic rings. The SMILES string of the molecule is Cc1cc(C)c2nc(N(Cc3ccccn3)C(=O)C3Oc4ccccc4OC3C)sc2c1. The number of rotatable bonds is 4. The van der Waals surface area contributed by atoms with Gasteiger partial charge >= 0.3 is 0 Å². The van der Waals surface area contributed by atoms with Gasteiger partial charge < -0.3 is 9.47 Å². The third-order valence-corrected chi connectivity index (χ3v) is 6.47. The summed E-state index contributed by atoms with van der Waals surface area (Å²) >= 11 is 1.50. The molecule has 0 saturated heterocycles. The van der Waals surface area contributed by atoms with Crippen molar-refractivity contribution in [1.29, 1.82) is 0 Å². The van der Waals surface area contributed by atoms with Crippen molar-refractivity contribution in [3.8, 4) is 11.5 Å². The van der Waals surface area contributed by atoms with E-state index in [1.807, 2.05) is 56.3 Å². The Balaban J connectivity index is 1.54. The monoisotopic (exact) mass is 445 g/mol. The third kappa shape index (κ3) is 3.80. The first-order valence-electron chi connectivity index (χ1n) is 10.5. The predicted octanol–water partition coefficient (Wildman–Crippen LogP) is 5.07. The van der Waals surface area contributed by atoms with Crippen LogP contribution in [0.15, 0.2) is 60.8 Å². The highest BCUT2D eigenvalue weighted by Crippen LogP contribution is 2.36. The van der Waals surface area contributed by atoms with E-state index in [4.69, 9.17) is 14.5 Å². The van der Waals surface area contributed by atoms with Crippen molar-refractivity contribution in [2.24, 2.45) is 0 Å². The normalized spacial score (nSPS) is 17.3. The van der Waals surface area contributed by atoms with Crippen molar-refractivity contribution in [2.75, 3.05) is 4.90 Å². The Morgan fingerprint density at radius 3 is 2.56 bits per heavy atom. The number of benzene rings is 2. The van der Waals surface area contributed by atoms with Crippen molar-refractivity contribution < 1.29 is 14.3 Å². The lowest BCUT2D eigenvalue weighted by Gasteiger charge is -2.33. The number of thiazole rings is 1. The average Bonchev–Trinajstić information content (AvgIpc) is 3.21. The van der Waals surface area contributed by atoms with Gasteiger partial charge in [0.1, 0.15) is 6.10 Å². The van der Waals surface area contributed by atoms with Crippen LogP contribution in [0.25, 0.3) is 10.2 Å². The van der Waals surface area contributed by atoms with E-state index in [0.717, 1.165) is 21.5 Å². The van der Waals surface area contributed by atoms with Crippen molar-refractivity contribution in [2.45, 2.75) is 39.5 Å². The van der Waals surface area contributed by atoms with Gasteiger partial charge in [0.15, 0.2) is 16.6 Å². The number of hydrogen-bond donors (Lipinski definition) is 0. The summed E-state index contributed by atoms with van der Waals surface area (Å²) in [4.78, 5) is 24.7. The molecule has 2 aromatic carbocycles. The minimum Gasteiger partial charge on any atom is -0.482 e. The third-order valence-electron chi connectivity index (χ3n) is 5.45. The number of nitrogens with zero attached hydrogens (tertiary/aromatic N) is 3. The summed E-state index contributed by atoms with van der Waals surface area (Å²) < 4.78 is 13.1. The lowest BCUT2D eigenvalue weighted by Crippen LogP contribution is -2.50. The number of fused-ring (bicyclic) bond motifs is 2. The molecule has 0 radical (unpaired) electrons. The molecule has 6 nitrogen and oxygen atoms in total. The molecule has 1 amide bonds. The number of pyridine rings is 1. The molecular weight excluding hydrogens is 422 g/mol. The Labute approximate surface area is 190 Å². The fourth-order valence-electron chi connectivity index (χ4n) is 3.91. The fourth-order valence-corrected chi connectivity index (χ4v) is 5.06. The molecule has 1 aliphatic rings. The second kappa shape index (κ2) is 8.24. The number of carbonyl (C=O) groups excluding carboxylic acids is 1. The Kier molecular flexibility index (Phi) is 5.27. The Morgan fingerprint density at radius 2 is 1.81 bits per heavy atom. The first-order valence-corrected chi connectivity index (χ1v) is 11.3. The van der Waals surface area contributed by atoms with Crippen LogP contribution in [0.2, 0.25) is 0 Å². The molecule has 1 aliphatic heterocycles. The molecule has 0 spiro atoms. The van der Waals surface area contributed by atoms with Crippen LogP contribution >= 0.6 is 11.3 Å². The van der Waals surface area contributed by atoms with Crippen molar-refractivity contribution >= 4 is 32.6 Å². The number of amides is 1. The highest BCUT2D eigenvalue weighted by molar-refractivity contribution is 7.22. The van der Waals surface area contributed by atoms with E-state index < -0.39 is 12.2 Å². The number of para-hydroxylation sites is 2. The molecule has 2 aromatic heterocycles. The van der Waals surface area contributed by atoms with Gasteiger partial charge in [-0.15, -0.1) is 0 Å². The Bertz CT molecular complexity index is 1290. The van der Waals surface area contributed by atoms with Crippen LogP contribution in [0.3, 0.4) is 0 Å². The first kappa shape index (κ1) is 20.5. The van der Waals surface area contributed by atoms with Gasteiger partial charge in [0.05, 0.1) is 22.5 Å². The van der Waals surface area contributed by atoms with Gasteiger partial charge in [0.2, 0.25) is 6.10 Å². The van der Waals surface area contributed by atoms with E-state index in [1.165, 1.54) is 16.9 Å². The molecule has 0 bridgehead atoms. The van der Waals surface area contributed by atoms with Crippen molar-refractivity contribution in [3.63, 3.8) is 0 Å². The second-order valence-electron chi connectivity index (χ2n) is 7.98. The minimum atomic E-state index is -0.788. The smallest absolute Gasteiger partial charge is 0.274 e. The van der Waals surface area contributed by atoms with Gasteiger partial charge in [0.25, 0.3) is 5.91 Å². The van der Waals surface area contributed by atoms with Crippen LogP contribution in [-0.2, 0) is 11.3 Å². The van der Waals surface area contributed by atoms with E-state index in [1.54, 1.807) is 11.1 Å². The zero-order valence-corrected chi connectivity index (χ0v) is 18.9. The minimum absolute atomic E-state index is 0.203. The largest absolute Gasteiger partial charge is 0.482 e. The molecule has 0 saturated carbocycles. The van der Waals surface area contributed by atoms with Crippen LogP contribution in [0, 0.1) is 13.8 Å². The summed E-state index contributed by atoms with van der Waals surface area (Å²) in [5, 5.41) is 0.624. The van der Waals surface area contributed by atoms with Gasteiger partial charge in [-0.3, -0.25) is 14.7 Å². The summed E-state index contributed by atoms with van der Waals surface area (Å²) in [5.74, 6) is 1.01. The lowest BCUT2D eigenvalue weighted by atomic mass is 10.1. The maximum absolute atomic E-state index is 13.8. The Morgan fingerprint density at radius 1 is 1.06 bits per heavy atom. The van der Waals surface area contributed by atoms with E-state index >= 15 is 0 Å². The molecule has 7 heteroatoms. The Hall–Kier alpha value is -3.45. The molecule has 0 fully saturated rings. The highest BCUT2D eigenvalue weighted by atomic mass is 32.1. The molecule has 32 heavy (non-hydrogen) atoms. The number of anilines is 1. The quantitative estimate of drug-likeness (QED) is 0.439. The summed E-state index contributed by atoms with van der Waals surface area (Å²) in [7, 11) is 0. The summed E-state index contributed by atoms with van der Waals surface area (Å²) in [6, 6.07) is 17.3. The summed E-state index contributed by atoms with van der Waals surface area (Å²) in [6.45, 7) is 6.25. The molecular formula is C25H23N3O3S. The molecule has 2 atom stereocenters. The van der Waals surface area contributed by atoms with Gasteiger partial charge in [-0.25, -0.2) is 4.98 Å². The standard InChI is InChI=1S/C25H23N3O3S/c1-15-12-16(2)22-21(13-15)32-25(27-22)28(14-18-8-6-7-11-26-18)24(29)23-17(3)30-19-9-4-5-10-20(19)31-23/h4-13,17,23H,14H2,1-3H3. The van der Waals surface area contributed by atoms with Crippen molar-refractivity contribution in [1.82, 2.24) is 9.97 Å². The zero-order valence-electron chi connectivity index (χ0n) is 18.1. The number of carbonyl (C=O) groups is 1. The second-order valence-corrected chi connectivity index (χ2v) is 8.99. The molecule has 162 valence electrons. The fraction of sp³-hybridized carbons (Fsp3) is 0.240. The van der Waals surface area contributed by atoms with Crippen molar-refractivity contribution in [3.05, 3.63) is 77.6 Å². The molecule has 3 heterocycles. The number of aromatic nitrogens is 2. The number of aryl methyl sites for hydroxylation is 2. The van der Waals surface area contributed by atoms with Gasteiger partial charge in [-0.2, -0.15) is 0 Å². The molecule has 5 rings (SSSR count). The van der Waals surface area contributed by atoms with Crippen LogP contribution in [0.1, 0.15) is 23.7 Å². The van der Waals surface area contributed by atoms with Crippen LogP contribution in [-0.4, -0.2) is 28.1 Å². The predicted molar refractivity (Wildman–Crippen MR) is 125 cm³/mol. The van der Waals surface area contributed by atoms with Gasteiger partial charge in [-0.05, 0) is 62.2 Å². The topological polar surface area (TPSA) is 64.6 Å². The lowest BCUT2D eigenvalue weighted by molar-refractivity contribution is -0.130. The highest BCUT2D eigenvalue weighted by Gasteiger charge is 2.38. The first-order chi connectivity index (χ1) is 15.5. The van der Waals surface area contributed by atoms with E-state index in [-0.39, 0.29) is 5.91 Å². The zero-order chi connectivity index (χ0) is 22.2. The van der Waals surface area contributed by atoms with E-state index in [0.29, 0.717) is 23.2 Å². The summed E-state index contributed by atoms with van der Waals surface area (Å²) in [6.07, 6.45) is 0.494. The van der Waals surface area contributed by atoms with Crippen LogP contribution in [0.4, 0.5) is 5.13 Å². The number of ether oxygens (including phenoxy) is 2. The van der Waals surface area contributed by atoms with Gasteiger partial charge in [0, 0.05) is 6.20 Å².